The Balaban J connectivity index is 1.91. The van der Waals surface area contributed by atoms with Gasteiger partial charge in [0.2, 0.25) is 5.91 Å². The molecule has 1 aromatic rings. The van der Waals surface area contributed by atoms with E-state index in [1.165, 1.54) is 12.1 Å². The number of likely N-dealkylation sites (tertiary alicyclic amines) is 1. The highest BCUT2D eigenvalue weighted by atomic mass is 19.1. The molecule has 1 heterocycles. The average Bonchev–Trinajstić information content (AvgIpc) is 3.16. The molecule has 0 radical (unpaired) electrons. The molecule has 0 bridgehead atoms. The van der Waals surface area contributed by atoms with Crippen LogP contribution in [0.15, 0.2) is 29.3 Å². The van der Waals surface area contributed by atoms with Crippen LogP contribution in [0.5, 0.6) is 0 Å². The van der Waals surface area contributed by atoms with Gasteiger partial charge in [-0.2, -0.15) is 0 Å². The van der Waals surface area contributed by atoms with Crippen molar-refractivity contribution in [3.8, 4) is 0 Å². The van der Waals surface area contributed by atoms with Crippen LogP contribution in [0, 0.1) is 5.82 Å². The van der Waals surface area contributed by atoms with Crippen LogP contribution >= 0.6 is 0 Å². The number of carbonyl (C=O) groups excluding carboxylic acids is 1. The van der Waals surface area contributed by atoms with Crippen molar-refractivity contribution < 1.29 is 13.9 Å². The Morgan fingerprint density at radius 1 is 1.28 bits per heavy atom. The molecule has 6 nitrogen and oxygen atoms in total. The highest BCUT2D eigenvalue weighted by Crippen LogP contribution is 2.16. The van der Waals surface area contributed by atoms with Gasteiger partial charge in [-0.25, -0.2) is 9.38 Å². The minimum absolute atomic E-state index is 0.0523. The number of hydrogen-bond acceptors (Lipinski definition) is 3. The van der Waals surface area contributed by atoms with Gasteiger partial charge in [0.1, 0.15) is 12.4 Å². The highest BCUT2D eigenvalue weighted by molar-refractivity contribution is 5.85. The molecule has 2 N–H and O–H groups in total. The van der Waals surface area contributed by atoms with Crippen LogP contribution in [0.3, 0.4) is 0 Å². The number of ether oxygens (including phenoxy) is 1. The third-order valence-corrected chi connectivity index (χ3v) is 4.16. The molecule has 0 aromatic heterocycles. The van der Waals surface area contributed by atoms with E-state index >= 15 is 0 Å². The molecule has 7 heteroatoms. The lowest BCUT2D eigenvalue weighted by Gasteiger charge is -2.19. The SMILES string of the molecule is CCNC(=NCC(=O)N1CCCC1)NCC(OC)c1ccc(F)cc1. The summed E-state index contributed by atoms with van der Waals surface area (Å²) in [5.74, 6) is 0.345. The van der Waals surface area contributed by atoms with E-state index in [1.54, 1.807) is 19.2 Å². The number of carbonyl (C=O) groups is 1. The first-order chi connectivity index (χ1) is 12.1. The Morgan fingerprint density at radius 2 is 1.96 bits per heavy atom. The number of amides is 1. The van der Waals surface area contributed by atoms with Gasteiger partial charge in [-0.05, 0) is 37.5 Å². The molecule has 1 fully saturated rings. The molecule has 2 rings (SSSR count). The summed E-state index contributed by atoms with van der Waals surface area (Å²) < 4.78 is 18.5. The Hall–Kier alpha value is -2.15. The van der Waals surface area contributed by atoms with Gasteiger partial charge in [0, 0.05) is 33.3 Å². The maximum absolute atomic E-state index is 13.1. The van der Waals surface area contributed by atoms with E-state index in [0.717, 1.165) is 31.5 Å². The third-order valence-electron chi connectivity index (χ3n) is 4.16. The second kappa shape index (κ2) is 9.98. The fourth-order valence-electron chi connectivity index (χ4n) is 2.76. The van der Waals surface area contributed by atoms with E-state index in [1.807, 2.05) is 11.8 Å². The van der Waals surface area contributed by atoms with Crippen LogP contribution < -0.4 is 10.6 Å². The van der Waals surface area contributed by atoms with Gasteiger partial charge in [0.15, 0.2) is 5.96 Å². The average molecular weight is 350 g/mol. The van der Waals surface area contributed by atoms with Crippen LogP contribution in [-0.4, -0.2) is 56.6 Å². The van der Waals surface area contributed by atoms with Gasteiger partial charge in [0.05, 0.1) is 6.10 Å². The lowest BCUT2D eigenvalue weighted by Crippen LogP contribution is -2.40. The van der Waals surface area contributed by atoms with Crippen molar-refractivity contribution >= 4 is 11.9 Å². The van der Waals surface area contributed by atoms with Crippen LogP contribution in [0.2, 0.25) is 0 Å². The summed E-state index contributed by atoms with van der Waals surface area (Å²) in [6, 6.07) is 6.23. The number of nitrogens with one attached hydrogen (secondary N) is 2. The molecule has 25 heavy (non-hydrogen) atoms. The molecule has 1 aromatic carbocycles. The van der Waals surface area contributed by atoms with Crippen molar-refractivity contribution in [2.45, 2.75) is 25.9 Å². The molecule has 0 aliphatic carbocycles. The first kappa shape index (κ1) is 19.2. The van der Waals surface area contributed by atoms with E-state index < -0.39 is 0 Å². The summed E-state index contributed by atoms with van der Waals surface area (Å²) in [5, 5.41) is 6.30. The topological polar surface area (TPSA) is 66.0 Å². The van der Waals surface area contributed by atoms with Crippen molar-refractivity contribution in [2.24, 2.45) is 4.99 Å². The smallest absolute Gasteiger partial charge is 0.244 e. The van der Waals surface area contributed by atoms with Gasteiger partial charge in [0.25, 0.3) is 0 Å². The van der Waals surface area contributed by atoms with E-state index in [0.29, 0.717) is 19.0 Å². The molecule has 1 amide bonds. The Morgan fingerprint density at radius 3 is 2.56 bits per heavy atom. The van der Waals surface area contributed by atoms with Crippen molar-refractivity contribution in [3.63, 3.8) is 0 Å². The van der Waals surface area contributed by atoms with Crippen molar-refractivity contribution in [3.05, 3.63) is 35.6 Å². The normalized spacial score (nSPS) is 16.0. The first-order valence-corrected chi connectivity index (χ1v) is 8.72. The quantitative estimate of drug-likeness (QED) is 0.580. The van der Waals surface area contributed by atoms with Crippen molar-refractivity contribution in [1.82, 2.24) is 15.5 Å². The summed E-state index contributed by atoms with van der Waals surface area (Å²) in [4.78, 5) is 18.3. The minimum atomic E-state index is -0.276. The lowest BCUT2D eigenvalue weighted by atomic mass is 10.1. The fourth-order valence-corrected chi connectivity index (χ4v) is 2.76. The van der Waals surface area contributed by atoms with Crippen molar-refractivity contribution in [2.75, 3.05) is 39.8 Å². The Labute approximate surface area is 148 Å². The summed E-state index contributed by atoms with van der Waals surface area (Å²) in [7, 11) is 1.61. The van der Waals surface area contributed by atoms with Crippen LogP contribution in [0.1, 0.15) is 31.4 Å². The second-order valence-corrected chi connectivity index (χ2v) is 5.94. The van der Waals surface area contributed by atoms with Crippen LogP contribution in [0.4, 0.5) is 4.39 Å². The Kier molecular flexibility index (Phi) is 7.66. The van der Waals surface area contributed by atoms with Gasteiger partial charge < -0.3 is 20.3 Å². The molecule has 1 atom stereocenters. The van der Waals surface area contributed by atoms with Crippen LogP contribution in [0.25, 0.3) is 0 Å². The molecular formula is C18H27FN4O2. The number of guanidine groups is 1. The van der Waals surface area contributed by atoms with Crippen molar-refractivity contribution in [1.29, 1.82) is 0 Å². The molecule has 1 aliphatic rings. The summed E-state index contributed by atoms with van der Waals surface area (Å²) in [6.45, 7) is 4.91. The van der Waals surface area contributed by atoms with Gasteiger partial charge in [-0.15, -0.1) is 0 Å². The van der Waals surface area contributed by atoms with E-state index in [-0.39, 0.29) is 24.4 Å². The van der Waals surface area contributed by atoms with E-state index in [9.17, 15) is 9.18 Å². The van der Waals surface area contributed by atoms with E-state index in [2.05, 4.69) is 15.6 Å². The predicted octanol–water partition coefficient (Wildman–Crippen LogP) is 1.69. The van der Waals surface area contributed by atoms with Crippen LogP contribution in [-0.2, 0) is 9.53 Å². The molecule has 0 spiro atoms. The zero-order valence-corrected chi connectivity index (χ0v) is 14.9. The first-order valence-electron chi connectivity index (χ1n) is 8.72. The zero-order chi connectivity index (χ0) is 18.1. The minimum Gasteiger partial charge on any atom is -0.375 e. The number of aliphatic imine (C=N–C) groups is 1. The molecule has 0 saturated carbocycles. The summed E-state index contributed by atoms with van der Waals surface area (Å²) in [6.07, 6.45) is 1.90. The lowest BCUT2D eigenvalue weighted by molar-refractivity contribution is -0.128. The number of benzene rings is 1. The summed E-state index contributed by atoms with van der Waals surface area (Å²) in [5.41, 5.74) is 0.875. The standard InChI is InChI=1S/C18H27FN4O2/c1-3-20-18(22-13-17(24)23-10-4-5-11-23)21-12-16(25-2)14-6-8-15(19)9-7-14/h6-9,16H,3-5,10-13H2,1-2H3,(H2,20,21,22). The fraction of sp³-hybridized carbons (Fsp3) is 0.556. The largest absolute Gasteiger partial charge is 0.375 e. The predicted molar refractivity (Wildman–Crippen MR) is 95.9 cm³/mol. The molecular weight excluding hydrogens is 323 g/mol. The maximum Gasteiger partial charge on any atom is 0.244 e. The number of halogens is 1. The highest BCUT2D eigenvalue weighted by Gasteiger charge is 2.17. The number of hydrogen-bond donors (Lipinski definition) is 2. The number of methoxy groups -OCH3 is 1. The molecule has 138 valence electrons. The molecule has 1 aliphatic heterocycles. The maximum atomic E-state index is 13.1. The second-order valence-electron chi connectivity index (χ2n) is 5.94. The monoisotopic (exact) mass is 350 g/mol. The number of nitrogens with zero attached hydrogens (tertiary/aromatic N) is 2. The Bertz CT molecular complexity index is 571. The van der Waals surface area contributed by atoms with Gasteiger partial charge >= 0.3 is 0 Å². The molecule has 1 unspecified atom stereocenters. The van der Waals surface area contributed by atoms with E-state index in [4.69, 9.17) is 4.74 Å². The number of rotatable bonds is 7. The molecule has 1 saturated heterocycles. The van der Waals surface area contributed by atoms with Gasteiger partial charge in [-0.1, -0.05) is 12.1 Å². The van der Waals surface area contributed by atoms with Gasteiger partial charge in [-0.3, -0.25) is 4.79 Å². The zero-order valence-electron chi connectivity index (χ0n) is 14.9. The summed E-state index contributed by atoms with van der Waals surface area (Å²) >= 11 is 0. The third kappa shape index (κ3) is 6.01.